The standard InChI is InChI=1S/C26H27N3O3/c1-3-12-29(13-4-2)22-8-9-24(23(16-22)25-15-20(18-31)10-11-27-25)28-26(32)21-7-5-6-19(14-21)17-30/h5-11,14-18H,3-4,12-13H2,1-2H3,(H,28,32). The van der Waals surface area contributed by atoms with Gasteiger partial charge in [-0.15, -0.1) is 0 Å². The van der Waals surface area contributed by atoms with Crippen LogP contribution in [0.2, 0.25) is 0 Å². The van der Waals surface area contributed by atoms with Gasteiger partial charge < -0.3 is 10.2 Å². The fraction of sp³-hybridized carbons (Fsp3) is 0.231. The number of pyridine rings is 1. The average molecular weight is 430 g/mol. The quantitative estimate of drug-likeness (QED) is 0.445. The summed E-state index contributed by atoms with van der Waals surface area (Å²) in [7, 11) is 0. The predicted octanol–water partition coefficient (Wildman–Crippen LogP) is 5.25. The molecule has 3 rings (SSSR count). The first-order valence-electron chi connectivity index (χ1n) is 10.8. The molecule has 1 aromatic heterocycles. The Morgan fingerprint density at radius 2 is 1.66 bits per heavy atom. The molecule has 0 saturated heterocycles. The van der Waals surface area contributed by atoms with Crippen LogP contribution in [0.15, 0.2) is 60.8 Å². The third-order valence-corrected chi connectivity index (χ3v) is 5.08. The molecule has 0 unspecified atom stereocenters. The molecule has 0 aliphatic rings. The van der Waals surface area contributed by atoms with E-state index in [-0.39, 0.29) is 5.91 Å². The van der Waals surface area contributed by atoms with E-state index in [4.69, 9.17) is 0 Å². The number of hydrogen-bond acceptors (Lipinski definition) is 5. The largest absolute Gasteiger partial charge is 0.372 e. The Labute approximate surface area is 188 Å². The normalized spacial score (nSPS) is 10.4. The van der Waals surface area contributed by atoms with Crippen molar-refractivity contribution in [3.05, 3.63) is 77.5 Å². The molecular weight excluding hydrogens is 402 g/mol. The molecule has 1 amide bonds. The second kappa shape index (κ2) is 11.0. The van der Waals surface area contributed by atoms with Gasteiger partial charge in [0.05, 0.1) is 11.4 Å². The van der Waals surface area contributed by atoms with Crippen molar-refractivity contribution in [2.24, 2.45) is 0 Å². The second-order valence-electron chi connectivity index (χ2n) is 7.51. The van der Waals surface area contributed by atoms with E-state index in [2.05, 4.69) is 29.0 Å². The minimum atomic E-state index is -0.326. The van der Waals surface area contributed by atoms with Crippen molar-refractivity contribution in [1.82, 2.24) is 4.98 Å². The lowest BCUT2D eigenvalue weighted by molar-refractivity contribution is 0.102. The molecule has 2 aromatic carbocycles. The molecule has 32 heavy (non-hydrogen) atoms. The Hall–Kier alpha value is -3.80. The predicted molar refractivity (Wildman–Crippen MR) is 128 cm³/mol. The molecule has 0 spiro atoms. The van der Waals surface area contributed by atoms with Crippen LogP contribution in [0.25, 0.3) is 11.3 Å². The first-order chi connectivity index (χ1) is 15.6. The number of aromatic nitrogens is 1. The number of carbonyl (C=O) groups is 3. The first kappa shape index (κ1) is 22.9. The van der Waals surface area contributed by atoms with Gasteiger partial charge in [0.15, 0.2) is 0 Å². The van der Waals surface area contributed by atoms with Gasteiger partial charge in [0.2, 0.25) is 0 Å². The molecule has 0 bridgehead atoms. The Bertz CT molecular complexity index is 1100. The molecule has 0 saturated carbocycles. The van der Waals surface area contributed by atoms with Gasteiger partial charge in [-0.2, -0.15) is 0 Å². The summed E-state index contributed by atoms with van der Waals surface area (Å²) in [5.41, 5.74) is 4.27. The fourth-order valence-corrected chi connectivity index (χ4v) is 3.57. The highest BCUT2D eigenvalue weighted by Gasteiger charge is 2.15. The van der Waals surface area contributed by atoms with Gasteiger partial charge in [-0.3, -0.25) is 19.4 Å². The molecule has 0 atom stereocenters. The van der Waals surface area contributed by atoms with Gasteiger partial charge in [-0.25, -0.2) is 0 Å². The maximum atomic E-state index is 12.9. The van der Waals surface area contributed by atoms with Crippen molar-refractivity contribution < 1.29 is 14.4 Å². The van der Waals surface area contributed by atoms with E-state index >= 15 is 0 Å². The van der Waals surface area contributed by atoms with Gasteiger partial charge in [0.25, 0.3) is 5.91 Å². The van der Waals surface area contributed by atoms with E-state index < -0.39 is 0 Å². The Balaban J connectivity index is 2.04. The molecule has 0 aliphatic carbocycles. The highest BCUT2D eigenvalue weighted by molar-refractivity contribution is 6.07. The Kier molecular flexibility index (Phi) is 7.86. The lowest BCUT2D eigenvalue weighted by Crippen LogP contribution is -2.25. The number of rotatable bonds is 10. The number of aldehydes is 2. The summed E-state index contributed by atoms with van der Waals surface area (Å²) < 4.78 is 0. The number of benzene rings is 2. The summed E-state index contributed by atoms with van der Waals surface area (Å²) in [6.07, 6.45) is 5.10. The molecule has 0 aliphatic heterocycles. The molecule has 1 heterocycles. The van der Waals surface area contributed by atoms with Gasteiger partial charge >= 0.3 is 0 Å². The SMILES string of the molecule is CCCN(CCC)c1ccc(NC(=O)c2cccc(C=O)c2)c(-c2cc(C=O)ccn2)c1. The van der Waals surface area contributed by atoms with Crippen molar-refractivity contribution >= 4 is 29.9 Å². The van der Waals surface area contributed by atoms with E-state index in [9.17, 15) is 14.4 Å². The van der Waals surface area contributed by atoms with Crippen molar-refractivity contribution in [2.75, 3.05) is 23.3 Å². The van der Waals surface area contributed by atoms with Gasteiger partial charge in [-0.05, 0) is 55.3 Å². The topological polar surface area (TPSA) is 79.4 Å². The number of hydrogen-bond donors (Lipinski definition) is 1. The van der Waals surface area contributed by atoms with Crippen LogP contribution in [-0.2, 0) is 0 Å². The second-order valence-corrected chi connectivity index (χ2v) is 7.51. The van der Waals surface area contributed by atoms with Gasteiger partial charge in [0.1, 0.15) is 12.6 Å². The van der Waals surface area contributed by atoms with Crippen LogP contribution in [0.4, 0.5) is 11.4 Å². The van der Waals surface area contributed by atoms with Crippen LogP contribution in [0.1, 0.15) is 57.8 Å². The van der Waals surface area contributed by atoms with Crippen LogP contribution in [0.3, 0.4) is 0 Å². The summed E-state index contributed by atoms with van der Waals surface area (Å²) >= 11 is 0. The number of amides is 1. The number of carbonyl (C=O) groups excluding carboxylic acids is 3. The van der Waals surface area contributed by atoms with Crippen molar-refractivity contribution in [2.45, 2.75) is 26.7 Å². The molecule has 0 radical (unpaired) electrons. The van der Waals surface area contributed by atoms with Crippen molar-refractivity contribution in [3.8, 4) is 11.3 Å². The van der Waals surface area contributed by atoms with Crippen LogP contribution in [-0.4, -0.2) is 36.6 Å². The van der Waals surface area contributed by atoms with E-state index in [1.807, 2.05) is 18.2 Å². The van der Waals surface area contributed by atoms with Crippen molar-refractivity contribution in [3.63, 3.8) is 0 Å². The van der Waals surface area contributed by atoms with Crippen LogP contribution in [0.5, 0.6) is 0 Å². The molecule has 3 aromatic rings. The molecule has 1 N–H and O–H groups in total. The number of anilines is 2. The maximum absolute atomic E-state index is 12.9. The molecule has 0 fully saturated rings. The van der Waals surface area contributed by atoms with Crippen LogP contribution in [0, 0.1) is 0 Å². The van der Waals surface area contributed by atoms with Crippen molar-refractivity contribution in [1.29, 1.82) is 0 Å². The Morgan fingerprint density at radius 3 is 2.34 bits per heavy atom. The molecular formula is C26H27N3O3. The third kappa shape index (κ3) is 5.46. The maximum Gasteiger partial charge on any atom is 0.255 e. The fourth-order valence-electron chi connectivity index (χ4n) is 3.57. The summed E-state index contributed by atoms with van der Waals surface area (Å²) in [4.78, 5) is 42.0. The highest BCUT2D eigenvalue weighted by atomic mass is 16.1. The zero-order chi connectivity index (χ0) is 22.9. The summed E-state index contributed by atoms with van der Waals surface area (Å²) in [5, 5.41) is 2.94. The highest BCUT2D eigenvalue weighted by Crippen LogP contribution is 2.32. The lowest BCUT2D eigenvalue weighted by atomic mass is 10.0. The number of nitrogens with one attached hydrogen (secondary N) is 1. The molecule has 164 valence electrons. The van der Waals surface area contributed by atoms with Gasteiger partial charge in [0, 0.05) is 47.2 Å². The lowest BCUT2D eigenvalue weighted by Gasteiger charge is -2.25. The third-order valence-electron chi connectivity index (χ3n) is 5.08. The summed E-state index contributed by atoms with van der Waals surface area (Å²) in [6.45, 7) is 6.11. The van der Waals surface area contributed by atoms with Gasteiger partial charge in [-0.1, -0.05) is 26.0 Å². The summed E-state index contributed by atoms with van der Waals surface area (Å²) in [5.74, 6) is -0.326. The molecule has 6 nitrogen and oxygen atoms in total. The summed E-state index contributed by atoms with van der Waals surface area (Å²) in [6, 6.07) is 15.7. The first-order valence-corrected chi connectivity index (χ1v) is 10.8. The van der Waals surface area contributed by atoms with E-state index in [1.54, 1.807) is 42.6 Å². The van der Waals surface area contributed by atoms with E-state index in [0.29, 0.717) is 34.4 Å². The average Bonchev–Trinajstić information content (AvgIpc) is 2.84. The van der Waals surface area contributed by atoms with Crippen LogP contribution < -0.4 is 10.2 Å². The van der Waals surface area contributed by atoms with Crippen LogP contribution >= 0.6 is 0 Å². The monoisotopic (exact) mass is 429 g/mol. The molecule has 6 heteroatoms. The minimum absolute atomic E-state index is 0.326. The van der Waals surface area contributed by atoms with E-state index in [0.717, 1.165) is 43.5 Å². The zero-order valence-corrected chi connectivity index (χ0v) is 18.4. The number of nitrogens with zero attached hydrogens (tertiary/aromatic N) is 2. The Morgan fingerprint density at radius 1 is 0.938 bits per heavy atom. The smallest absolute Gasteiger partial charge is 0.255 e. The zero-order valence-electron chi connectivity index (χ0n) is 18.4. The minimum Gasteiger partial charge on any atom is -0.372 e. The van der Waals surface area contributed by atoms with E-state index in [1.165, 1.54) is 0 Å².